The van der Waals surface area contributed by atoms with Gasteiger partial charge in [-0.25, -0.2) is 18.7 Å². The molecule has 35 heavy (non-hydrogen) atoms. The smallest absolute Gasteiger partial charge is 0.168 e. The fourth-order valence-corrected chi connectivity index (χ4v) is 4.28. The van der Waals surface area contributed by atoms with Crippen molar-refractivity contribution in [3.8, 4) is 11.5 Å². The van der Waals surface area contributed by atoms with Gasteiger partial charge in [-0.05, 0) is 18.2 Å². The van der Waals surface area contributed by atoms with Crippen molar-refractivity contribution >= 4 is 46.4 Å². The first kappa shape index (κ1) is 25.6. The van der Waals surface area contributed by atoms with Crippen molar-refractivity contribution < 1.29 is 27.7 Å². The van der Waals surface area contributed by atoms with E-state index < -0.39 is 16.7 Å². The second-order valence-corrected chi connectivity index (χ2v) is 8.46. The molecule has 2 atom stereocenters. The van der Waals surface area contributed by atoms with Crippen LogP contribution in [0.1, 0.15) is 0 Å². The zero-order chi connectivity index (χ0) is 23.7. The molecule has 0 spiro atoms. The average molecular weight is 529 g/mol. The lowest BCUT2D eigenvalue weighted by Crippen LogP contribution is -2.56. The number of aromatic nitrogens is 2. The van der Waals surface area contributed by atoms with Gasteiger partial charge in [0.1, 0.15) is 35.7 Å². The molecule has 2 aliphatic heterocycles. The van der Waals surface area contributed by atoms with E-state index in [9.17, 15) is 8.78 Å². The number of halogens is 4. The van der Waals surface area contributed by atoms with Crippen LogP contribution in [0.4, 0.5) is 20.3 Å². The van der Waals surface area contributed by atoms with Gasteiger partial charge in [0.25, 0.3) is 0 Å². The van der Waals surface area contributed by atoms with Crippen molar-refractivity contribution in [3.05, 3.63) is 47.2 Å². The molecule has 1 aromatic heterocycles. The summed E-state index contributed by atoms with van der Waals surface area (Å²) in [4.78, 5) is 10.9. The summed E-state index contributed by atoms with van der Waals surface area (Å²) < 4.78 is 50.9. The molecule has 1 N–H and O–H groups in total. The van der Waals surface area contributed by atoms with Gasteiger partial charge in [-0.2, -0.15) is 0 Å². The van der Waals surface area contributed by atoms with Crippen LogP contribution in [0.25, 0.3) is 10.9 Å². The second-order valence-electron chi connectivity index (χ2n) is 8.08. The standard InChI is InChI=1S/C23H23ClF2N4O4.ClH/c1-31-19-6-15-18(27-12-28-23(15)29-17-3-2-16(25)21(24)22(17)26)7-20(19)34-11-14-8-30-4-5-32-9-13(30)10-33-14;/h2-3,6-7,12-14H,4-5,8-11H2,1H3,(H,27,28,29);1H/t13-,14+;/m0./s1. The molecule has 0 saturated carbocycles. The fraction of sp³-hybridized carbons (Fsp3) is 0.391. The predicted octanol–water partition coefficient (Wildman–Crippen LogP) is 4.21. The van der Waals surface area contributed by atoms with Gasteiger partial charge < -0.3 is 24.3 Å². The lowest BCUT2D eigenvalue weighted by molar-refractivity contribution is -0.124. The molecule has 0 radical (unpaired) electrons. The van der Waals surface area contributed by atoms with E-state index in [1.54, 1.807) is 12.1 Å². The minimum Gasteiger partial charge on any atom is -0.493 e. The Morgan fingerprint density at radius 3 is 2.89 bits per heavy atom. The predicted molar refractivity (Wildman–Crippen MR) is 129 cm³/mol. The average Bonchev–Trinajstić information content (AvgIpc) is 2.87. The highest BCUT2D eigenvalue weighted by Crippen LogP contribution is 2.36. The van der Waals surface area contributed by atoms with Crippen molar-refractivity contribution in [2.45, 2.75) is 12.1 Å². The van der Waals surface area contributed by atoms with Gasteiger partial charge in [0.2, 0.25) is 0 Å². The van der Waals surface area contributed by atoms with E-state index in [1.165, 1.54) is 19.5 Å². The van der Waals surface area contributed by atoms with E-state index in [-0.39, 0.29) is 24.2 Å². The number of methoxy groups -OCH3 is 1. The Hall–Kier alpha value is -2.50. The number of benzene rings is 2. The fourth-order valence-electron chi connectivity index (χ4n) is 4.11. The number of nitrogens with one attached hydrogen (secondary N) is 1. The van der Waals surface area contributed by atoms with E-state index in [0.717, 1.165) is 25.8 Å². The van der Waals surface area contributed by atoms with Crippen LogP contribution in [0.5, 0.6) is 11.5 Å². The van der Waals surface area contributed by atoms with Crippen LogP contribution < -0.4 is 14.8 Å². The number of hydrogen-bond acceptors (Lipinski definition) is 8. The number of hydrogen-bond donors (Lipinski definition) is 1. The molecule has 2 fully saturated rings. The molecule has 5 rings (SSSR count). The first-order valence-electron chi connectivity index (χ1n) is 10.8. The maximum atomic E-state index is 14.4. The highest BCUT2D eigenvalue weighted by atomic mass is 35.5. The Morgan fingerprint density at radius 2 is 2.06 bits per heavy atom. The molecule has 12 heteroatoms. The monoisotopic (exact) mass is 528 g/mol. The molecular formula is C23H24Cl2F2N4O4. The highest BCUT2D eigenvalue weighted by Gasteiger charge is 2.31. The normalized spacial score (nSPS) is 20.1. The molecule has 2 aromatic carbocycles. The van der Waals surface area contributed by atoms with Crippen molar-refractivity contribution in [2.75, 3.05) is 51.9 Å². The molecule has 0 bridgehead atoms. The minimum atomic E-state index is -0.907. The molecule has 3 aromatic rings. The summed E-state index contributed by atoms with van der Waals surface area (Å²) in [6.45, 7) is 4.03. The first-order valence-corrected chi connectivity index (χ1v) is 11.2. The molecular weight excluding hydrogens is 505 g/mol. The van der Waals surface area contributed by atoms with E-state index in [4.69, 9.17) is 30.5 Å². The second kappa shape index (κ2) is 11.0. The van der Waals surface area contributed by atoms with E-state index >= 15 is 0 Å². The summed E-state index contributed by atoms with van der Waals surface area (Å²) in [6.07, 6.45) is 1.26. The summed E-state index contributed by atoms with van der Waals surface area (Å²) in [5.41, 5.74) is 0.543. The van der Waals surface area contributed by atoms with Crippen LogP contribution in [0.3, 0.4) is 0 Å². The summed E-state index contributed by atoms with van der Waals surface area (Å²) in [5, 5.41) is 2.83. The van der Waals surface area contributed by atoms with Crippen LogP contribution in [0.2, 0.25) is 5.02 Å². The maximum Gasteiger partial charge on any atom is 0.168 e. The van der Waals surface area contributed by atoms with Gasteiger partial charge in [0, 0.05) is 24.5 Å². The van der Waals surface area contributed by atoms with Gasteiger partial charge >= 0.3 is 0 Å². The number of morpholine rings is 2. The van der Waals surface area contributed by atoms with Gasteiger partial charge in [-0.3, -0.25) is 4.90 Å². The molecule has 8 nitrogen and oxygen atoms in total. The van der Waals surface area contributed by atoms with Crippen LogP contribution in [0.15, 0.2) is 30.6 Å². The molecule has 0 unspecified atom stereocenters. The van der Waals surface area contributed by atoms with Crippen molar-refractivity contribution in [1.82, 2.24) is 14.9 Å². The van der Waals surface area contributed by atoms with Crippen molar-refractivity contribution in [1.29, 1.82) is 0 Å². The summed E-state index contributed by atoms with van der Waals surface area (Å²) in [6, 6.07) is 6.06. The van der Waals surface area contributed by atoms with Crippen molar-refractivity contribution in [3.63, 3.8) is 0 Å². The number of nitrogens with zero attached hydrogens (tertiary/aromatic N) is 3. The summed E-state index contributed by atoms with van der Waals surface area (Å²) in [7, 11) is 1.53. The van der Waals surface area contributed by atoms with Crippen LogP contribution in [-0.4, -0.2) is 73.6 Å². The minimum absolute atomic E-state index is 0. The van der Waals surface area contributed by atoms with E-state index in [2.05, 4.69) is 20.2 Å². The van der Waals surface area contributed by atoms with Gasteiger partial charge in [-0.1, -0.05) is 11.6 Å². The topological polar surface area (TPSA) is 78.0 Å². The summed E-state index contributed by atoms with van der Waals surface area (Å²) in [5.74, 6) is -0.473. The third-order valence-electron chi connectivity index (χ3n) is 5.95. The van der Waals surface area contributed by atoms with Gasteiger partial charge in [0.15, 0.2) is 17.3 Å². The molecule has 2 aliphatic rings. The van der Waals surface area contributed by atoms with Crippen LogP contribution >= 0.6 is 24.0 Å². The van der Waals surface area contributed by atoms with Gasteiger partial charge in [-0.15, -0.1) is 12.4 Å². The Bertz CT molecular complexity index is 1210. The Morgan fingerprint density at radius 1 is 1.20 bits per heavy atom. The Labute approximate surface area is 211 Å². The van der Waals surface area contributed by atoms with Gasteiger partial charge in [0.05, 0.1) is 44.2 Å². The maximum absolute atomic E-state index is 14.4. The number of rotatable bonds is 6. The molecule has 0 amide bonds. The number of ether oxygens (including phenoxy) is 4. The summed E-state index contributed by atoms with van der Waals surface area (Å²) >= 11 is 5.69. The quantitative estimate of drug-likeness (QED) is 0.476. The van der Waals surface area contributed by atoms with Crippen molar-refractivity contribution in [2.24, 2.45) is 0 Å². The highest BCUT2D eigenvalue weighted by molar-refractivity contribution is 6.31. The number of anilines is 2. The lowest BCUT2D eigenvalue weighted by Gasteiger charge is -2.41. The zero-order valence-electron chi connectivity index (χ0n) is 18.8. The van der Waals surface area contributed by atoms with Crippen LogP contribution in [0, 0.1) is 11.6 Å². The van der Waals surface area contributed by atoms with E-state index in [1.807, 2.05) is 0 Å². The number of fused-ring (bicyclic) bond motifs is 2. The molecule has 188 valence electrons. The first-order chi connectivity index (χ1) is 16.5. The SMILES string of the molecule is COc1cc2c(Nc3ccc(F)c(Cl)c3F)ncnc2cc1OC[C@H]1CN2CCOC[C@H]2CO1.Cl. The molecule has 3 heterocycles. The van der Waals surface area contributed by atoms with Crippen LogP contribution in [-0.2, 0) is 9.47 Å². The third-order valence-corrected chi connectivity index (χ3v) is 6.29. The zero-order valence-corrected chi connectivity index (χ0v) is 20.4. The largest absolute Gasteiger partial charge is 0.493 e. The Kier molecular flexibility index (Phi) is 8.08. The lowest BCUT2D eigenvalue weighted by atomic mass is 10.1. The van der Waals surface area contributed by atoms with E-state index in [0.29, 0.717) is 54.1 Å². The molecule has 0 aliphatic carbocycles. The third kappa shape index (κ3) is 5.36. The molecule has 2 saturated heterocycles. The Balaban J connectivity index is 0.00000289.